The largest absolute Gasteiger partial charge is 0.478 e. The molecular weight excluding hydrogens is 454 g/mol. The second-order valence-electron chi connectivity index (χ2n) is 7.73. The summed E-state index contributed by atoms with van der Waals surface area (Å²) in [5.74, 6) is -1.81. The fourth-order valence-electron chi connectivity index (χ4n) is 3.29. The van der Waals surface area contributed by atoms with Crippen molar-refractivity contribution in [1.82, 2.24) is 5.43 Å². The molecule has 176 valence electrons. The molecule has 0 unspecified atom stereocenters. The van der Waals surface area contributed by atoms with Crippen LogP contribution in [0.1, 0.15) is 32.6 Å². The summed E-state index contributed by atoms with van der Waals surface area (Å²) >= 11 is 0. The Bertz CT molecular complexity index is 1350. The number of amides is 1. The lowest BCUT2D eigenvalue weighted by Gasteiger charge is -2.26. The molecule has 3 aromatic carbocycles. The molecule has 0 aliphatic carbocycles. The Hall–Kier alpha value is -3.98. The van der Waals surface area contributed by atoms with Crippen molar-refractivity contribution in [3.05, 3.63) is 94.5 Å². The maximum Gasteiger partial charge on any atom is 0.336 e. The number of hydrogen-bond donors (Lipinski definition) is 2. The Morgan fingerprint density at radius 1 is 0.971 bits per heavy atom. The summed E-state index contributed by atoms with van der Waals surface area (Å²) in [5, 5.41) is 13.1. The molecular formula is C25H25N3O5S. The first kappa shape index (κ1) is 24.7. The van der Waals surface area contributed by atoms with Gasteiger partial charge < -0.3 is 5.11 Å². The van der Waals surface area contributed by atoms with Gasteiger partial charge in [0.1, 0.15) is 6.54 Å². The van der Waals surface area contributed by atoms with Crippen molar-refractivity contribution < 1.29 is 23.1 Å². The van der Waals surface area contributed by atoms with E-state index in [1.54, 1.807) is 49.4 Å². The van der Waals surface area contributed by atoms with Crippen LogP contribution in [0.15, 0.2) is 76.7 Å². The molecule has 1 amide bonds. The highest BCUT2D eigenvalue weighted by Gasteiger charge is 2.28. The molecule has 0 radical (unpaired) electrons. The number of nitrogens with zero attached hydrogens (tertiary/aromatic N) is 2. The van der Waals surface area contributed by atoms with E-state index >= 15 is 0 Å². The van der Waals surface area contributed by atoms with Gasteiger partial charge in [-0.15, -0.1) is 0 Å². The average molecular weight is 480 g/mol. The number of aryl methyl sites for hydroxylation is 2. The highest BCUT2D eigenvalue weighted by atomic mass is 32.2. The molecule has 0 atom stereocenters. The third-order valence-corrected chi connectivity index (χ3v) is 7.10. The van der Waals surface area contributed by atoms with Crippen molar-refractivity contribution in [2.45, 2.75) is 25.7 Å². The van der Waals surface area contributed by atoms with Crippen LogP contribution < -0.4 is 9.73 Å². The third-order valence-electron chi connectivity index (χ3n) is 5.33. The quantitative estimate of drug-likeness (QED) is 0.378. The topological polar surface area (TPSA) is 116 Å². The number of anilines is 1. The summed E-state index contributed by atoms with van der Waals surface area (Å²) in [6.07, 6.45) is 1.21. The maximum absolute atomic E-state index is 13.5. The van der Waals surface area contributed by atoms with Crippen molar-refractivity contribution in [3.8, 4) is 0 Å². The van der Waals surface area contributed by atoms with E-state index in [1.165, 1.54) is 24.4 Å². The summed E-state index contributed by atoms with van der Waals surface area (Å²) in [5.41, 5.74) is 5.52. The smallest absolute Gasteiger partial charge is 0.336 e. The first-order valence-electron chi connectivity index (χ1n) is 10.4. The van der Waals surface area contributed by atoms with E-state index in [2.05, 4.69) is 10.5 Å². The van der Waals surface area contributed by atoms with E-state index in [9.17, 15) is 23.1 Å². The lowest BCUT2D eigenvalue weighted by molar-refractivity contribution is -0.119. The maximum atomic E-state index is 13.5. The number of nitrogens with one attached hydrogen (secondary N) is 1. The Kier molecular flexibility index (Phi) is 7.47. The summed E-state index contributed by atoms with van der Waals surface area (Å²) in [6, 6.07) is 17.8. The Labute approximate surface area is 198 Å². The molecule has 34 heavy (non-hydrogen) atoms. The minimum Gasteiger partial charge on any atom is -0.478 e. The molecule has 2 N–H and O–H groups in total. The van der Waals surface area contributed by atoms with Gasteiger partial charge in [-0.2, -0.15) is 5.10 Å². The Morgan fingerprint density at radius 2 is 1.65 bits per heavy atom. The van der Waals surface area contributed by atoms with Gasteiger partial charge in [-0.25, -0.2) is 18.6 Å². The van der Waals surface area contributed by atoms with Crippen molar-refractivity contribution in [1.29, 1.82) is 0 Å². The zero-order valence-corrected chi connectivity index (χ0v) is 19.8. The molecule has 0 aliphatic rings. The number of carboxylic acids is 1. The number of carbonyl (C=O) groups excluding carboxylic acids is 1. The monoisotopic (exact) mass is 479 g/mol. The molecule has 0 aromatic heterocycles. The molecule has 0 fully saturated rings. The minimum atomic E-state index is -4.06. The second-order valence-corrected chi connectivity index (χ2v) is 9.59. The zero-order valence-electron chi connectivity index (χ0n) is 19.0. The molecule has 0 aliphatic heterocycles. The molecule has 0 saturated carbocycles. The molecule has 3 aromatic rings. The molecule has 3 rings (SSSR count). The van der Waals surface area contributed by atoms with Crippen LogP contribution in [-0.4, -0.2) is 38.2 Å². The van der Waals surface area contributed by atoms with Gasteiger partial charge in [0.15, 0.2) is 0 Å². The number of carbonyl (C=O) groups is 2. The molecule has 9 heteroatoms. The standard InChI is InChI=1S/C25H25N3O5S/c1-17-11-13-21(14-12-17)34(32,33)28(23-10-6-7-18(2)19(23)3)16-24(29)27-26-15-20-8-4-5-9-22(20)25(30)31/h4-15H,16H2,1-3H3,(H,27,29)(H,30,31)/b26-15-. The summed E-state index contributed by atoms with van der Waals surface area (Å²) < 4.78 is 28.1. The van der Waals surface area contributed by atoms with E-state index in [4.69, 9.17) is 0 Å². The number of hydrogen-bond acceptors (Lipinski definition) is 5. The first-order chi connectivity index (χ1) is 16.1. The van der Waals surface area contributed by atoms with E-state index < -0.39 is 28.4 Å². The van der Waals surface area contributed by atoms with Crippen molar-refractivity contribution in [3.63, 3.8) is 0 Å². The SMILES string of the molecule is Cc1ccc(S(=O)(=O)N(CC(=O)N/N=C\c2ccccc2C(=O)O)c2cccc(C)c2C)cc1. The molecule has 0 spiro atoms. The lowest BCUT2D eigenvalue weighted by atomic mass is 10.1. The summed E-state index contributed by atoms with van der Waals surface area (Å²) in [4.78, 5) is 24.1. The fourth-order valence-corrected chi connectivity index (χ4v) is 4.77. The minimum absolute atomic E-state index is 0.0273. The summed E-state index contributed by atoms with van der Waals surface area (Å²) in [6.45, 7) is 4.99. The third kappa shape index (κ3) is 5.49. The summed E-state index contributed by atoms with van der Waals surface area (Å²) in [7, 11) is -4.06. The van der Waals surface area contributed by atoms with Crippen molar-refractivity contribution in [2.75, 3.05) is 10.8 Å². The number of sulfonamides is 1. The zero-order chi connectivity index (χ0) is 24.9. The number of aromatic carboxylic acids is 1. The highest BCUT2D eigenvalue weighted by Crippen LogP contribution is 2.28. The fraction of sp³-hybridized carbons (Fsp3) is 0.160. The second kappa shape index (κ2) is 10.3. The predicted octanol–water partition coefficient (Wildman–Crippen LogP) is 3.66. The van der Waals surface area contributed by atoms with Gasteiger partial charge >= 0.3 is 5.97 Å². The van der Waals surface area contributed by atoms with Gasteiger partial charge in [0, 0.05) is 5.56 Å². The molecule has 0 saturated heterocycles. The first-order valence-corrected chi connectivity index (χ1v) is 11.8. The normalized spacial score (nSPS) is 11.4. The van der Waals surface area contributed by atoms with Crippen LogP contribution in [0.5, 0.6) is 0 Å². The van der Waals surface area contributed by atoms with Crippen LogP contribution >= 0.6 is 0 Å². The lowest BCUT2D eigenvalue weighted by Crippen LogP contribution is -2.40. The van der Waals surface area contributed by atoms with Gasteiger partial charge in [-0.1, -0.05) is 48.0 Å². The van der Waals surface area contributed by atoms with Crippen LogP contribution in [-0.2, 0) is 14.8 Å². The molecule has 8 nitrogen and oxygen atoms in total. The van der Waals surface area contributed by atoms with Crippen LogP contribution in [0.25, 0.3) is 0 Å². The van der Waals surface area contributed by atoms with Crippen LogP contribution in [0.3, 0.4) is 0 Å². The number of carboxylic acid groups (broad SMARTS) is 1. The van der Waals surface area contributed by atoms with Gasteiger partial charge in [0.25, 0.3) is 15.9 Å². The van der Waals surface area contributed by atoms with Crippen molar-refractivity contribution >= 4 is 33.8 Å². The van der Waals surface area contributed by atoms with Gasteiger partial charge in [-0.05, 0) is 56.2 Å². The Balaban J connectivity index is 1.90. The van der Waals surface area contributed by atoms with E-state index in [0.717, 1.165) is 21.0 Å². The van der Waals surface area contributed by atoms with E-state index in [-0.39, 0.29) is 10.5 Å². The van der Waals surface area contributed by atoms with Gasteiger partial charge in [-0.3, -0.25) is 9.10 Å². The van der Waals surface area contributed by atoms with Crippen LogP contribution in [0.4, 0.5) is 5.69 Å². The van der Waals surface area contributed by atoms with Crippen LogP contribution in [0, 0.1) is 20.8 Å². The number of rotatable bonds is 8. The average Bonchev–Trinajstić information content (AvgIpc) is 2.80. The van der Waals surface area contributed by atoms with Crippen molar-refractivity contribution in [2.24, 2.45) is 5.10 Å². The van der Waals surface area contributed by atoms with Crippen LogP contribution in [0.2, 0.25) is 0 Å². The van der Waals surface area contributed by atoms with Gasteiger partial charge in [0.05, 0.1) is 22.4 Å². The number of hydrazone groups is 1. The highest BCUT2D eigenvalue weighted by molar-refractivity contribution is 7.92. The van der Waals surface area contributed by atoms with E-state index in [1.807, 2.05) is 19.9 Å². The Morgan fingerprint density at radius 3 is 2.32 bits per heavy atom. The molecule has 0 heterocycles. The predicted molar refractivity (Wildman–Crippen MR) is 131 cm³/mol. The number of benzene rings is 3. The van der Waals surface area contributed by atoms with Gasteiger partial charge in [0.2, 0.25) is 0 Å². The van der Waals surface area contributed by atoms with E-state index in [0.29, 0.717) is 11.3 Å². The molecule has 0 bridgehead atoms.